The van der Waals surface area contributed by atoms with E-state index >= 15 is 0 Å². The highest BCUT2D eigenvalue weighted by Gasteiger charge is 2.65. The molecule has 4 aliphatic rings. The number of halogens is 2. The van der Waals surface area contributed by atoms with E-state index in [0.717, 1.165) is 42.2 Å². The van der Waals surface area contributed by atoms with Crippen LogP contribution < -0.4 is 5.32 Å². The average molecular weight is 761 g/mol. The van der Waals surface area contributed by atoms with Gasteiger partial charge >= 0.3 is 5.97 Å². The van der Waals surface area contributed by atoms with Crippen molar-refractivity contribution in [1.82, 2.24) is 20.3 Å². The van der Waals surface area contributed by atoms with Gasteiger partial charge in [-0.25, -0.2) is 9.48 Å². The third kappa shape index (κ3) is 6.75. The van der Waals surface area contributed by atoms with E-state index in [9.17, 15) is 29.3 Å². The van der Waals surface area contributed by atoms with Crippen molar-refractivity contribution in [2.75, 3.05) is 13.8 Å². The number of aryl methyl sites for hydroxylation is 1. The van der Waals surface area contributed by atoms with Crippen LogP contribution in [0.2, 0.25) is 0 Å². The molecule has 10 nitrogen and oxygen atoms in total. The minimum Gasteiger partial charge on any atom is -0.467 e. The molecule has 260 valence electrons. The molecule has 4 N–H and O–H groups in total. The number of nitrogens with zero attached hydrogens (tertiary/aromatic N) is 3. The summed E-state index contributed by atoms with van der Waals surface area (Å²) in [5.74, 6) is 0.504. The van der Waals surface area contributed by atoms with Crippen LogP contribution in [-0.4, -0.2) is 80.3 Å². The molecule has 1 aromatic rings. The van der Waals surface area contributed by atoms with Gasteiger partial charge in [-0.2, -0.15) is 0 Å². The smallest absolute Gasteiger partial charge is 0.328 e. The average Bonchev–Trinajstić information content (AvgIpc) is 3.56. The number of unbranched alkanes of at least 4 members (excludes halogenated alkanes) is 1. The molecular weight excluding hydrogens is 706 g/mol. The van der Waals surface area contributed by atoms with Crippen LogP contribution >= 0.6 is 22.6 Å². The molecule has 12 atom stereocenters. The van der Waals surface area contributed by atoms with Gasteiger partial charge in [-0.1, -0.05) is 26.0 Å². The Labute approximate surface area is 286 Å². The SMILES string of the molecule is COC(=O)C(Cc1nnn(CCCCF)c1I)NC(=O)CC[C@@H](C)[C@H]1CC[C@H]2[C@@H]3[C@H](O)C[C@@H]4C[C@H](O)CC[C@]4(C)[C@H]3C[C@H](O)[C@]12C. The highest BCUT2D eigenvalue weighted by Crippen LogP contribution is 2.68. The minimum absolute atomic E-state index is 0.0328. The second kappa shape index (κ2) is 14.6. The van der Waals surface area contributed by atoms with Gasteiger partial charge in [-0.3, -0.25) is 9.18 Å². The van der Waals surface area contributed by atoms with Gasteiger partial charge in [-0.05, 0) is 133 Å². The summed E-state index contributed by atoms with van der Waals surface area (Å²) in [4.78, 5) is 25.8. The first-order valence-corrected chi connectivity index (χ1v) is 18.5. The molecule has 1 aromatic heterocycles. The number of aliphatic hydroxyl groups is 3. The number of aliphatic hydroxyl groups excluding tert-OH is 3. The molecule has 1 heterocycles. The quantitative estimate of drug-likeness (QED) is 0.141. The van der Waals surface area contributed by atoms with E-state index in [2.05, 4.69) is 59.0 Å². The molecule has 0 bridgehead atoms. The third-order valence-corrected chi connectivity index (χ3v) is 14.2. The number of hydrogen-bond acceptors (Lipinski definition) is 8. The molecule has 5 rings (SSSR count). The lowest BCUT2D eigenvalue weighted by atomic mass is 9.43. The van der Waals surface area contributed by atoms with Gasteiger partial charge in [0.15, 0.2) is 0 Å². The van der Waals surface area contributed by atoms with Crippen molar-refractivity contribution in [3.05, 3.63) is 9.39 Å². The van der Waals surface area contributed by atoms with Crippen LogP contribution in [0.4, 0.5) is 4.39 Å². The summed E-state index contributed by atoms with van der Waals surface area (Å²) in [6.07, 6.45) is 6.72. The summed E-state index contributed by atoms with van der Waals surface area (Å²) in [6.45, 7) is 6.88. The molecule has 0 radical (unpaired) electrons. The van der Waals surface area contributed by atoms with Crippen molar-refractivity contribution in [2.45, 2.75) is 129 Å². The van der Waals surface area contributed by atoms with E-state index in [1.54, 1.807) is 4.68 Å². The van der Waals surface area contributed by atoms with E-state index in [0.29, 0.717) is 37.9 Å². The fraction of sp³-hybridized carbons (Fsp3) is 0.882. The molecule has 4 fully saturated rings. The minimum atomic E-state index is -0.901. The molecule has 46 heavy (non-hydrogen) atoms. The molecule has 4 saturated carbocycles. The summed E-state index contributed by atoms with van der Waals surface area (Å²) >= 11 is 2.11. The second-order valence-electron chi connectivity index (χ2n) is 15.3. The normalized spacial score (nSPS) is 38.3. The van der Waals surface area contributed by atoms with E-state index < -0.39 is 24.2 Å². The topological polar surface area (TPSA) is 147 Å². The van der Waals surface area contributed by atoms with Crippen LogP contribution in [0.1, 0.15) is 97.1 Å². The first-order chi connectivity index (χ1) is 21.8. The first-order valence-electron chi connectivity index (χ1n) is 17.4. The second-order valence-corrected chi connectivity index (χ2v) is 16.4. The number of ether oxygens (including phenoxy) is 1. The molecule has 4 aliphatic carbocycles. The van der Waals surface area contributed by atoms with E-state index in [1.807, 2.05) is 0 Å². The Kier molecular flexibility index (Phi) is 11.4. The lowest BCUT2D eigenvalue weighted by Gasteiger charge is -2.63. The van der Waals surface area contributed by atoms with E-state index in [-0.39, 0.29) is 77.9 Å². The van der Waals surface area contributed by atoms with Crippen molar-refractivity contribution >= 4 is 34.5 Å². The molecule has 0 aliphatic heterocycles. The van der Waals surface area contributed by atoms with Crippen molar-refractivity contribution in [3.8, 4) is 0 Å². The number of carbonyl (C=O) groups is 2. The van der Waals surface area contributed by atoms with Crippen LogP contribution in [-0.2, 0) is 27.3 Å². The van der Waals surface area contributed by atoms with Gasteiger partial charge in [-0.15, -0.1) is 5.10 Å². The Morgan fingerprint density at radius 2 is 1.89 bits per heavy atom. The lowest BCUT2D eigenvalue weighted by Crippen LogP contribution is -2.62. The van der Waals surface area contributed by atoms with Crippen LogP contribution in [0.15, 0.2) is 0 Å². The van der Waals surface area contributed by atoms with E-state index in [4.69, 9.17) is 4.74 Å². The monoisotopic (exact) mass is 760 g/mol. The number of carbonyl (C=O) groups excluding carboxylic acids is 2. The molecule has 1 unspecified atom stereocenters. The van der Waals surface area contributed by atoms with Gasteiger partial charge in [0.2, 0.25) is 5.91 Å². The number of methoxy groups -OCH3 is 1. The summed E-state index contributed by atoms with van der Waals surface area (Å²) in [5, 5.41) is 45.0. The maximum atomic E-state index is 13.2. The number of fused-ring (bicyclic) bond motifs is 5. The Bertz CT molecular complexity index is 1240. The predicted molar refractivity (Wildman–Crippen MR) is 178 cm³/mol. The highest BCUT2D eigenvalue weighted by molar-refractivity contribution is 14.1. The zero-order valence-electron chi connectivity index (χ0n) is 27.8. The Hall–Kier alpha value is -1.38. The van der Waals surface area contributed by atoms with Crippen LogP contribution in [0.5, 0.6) is 0 Å². The van der Waals surface area contributed by atoms with Crippen molar-refractivity contribution in [3.63, 3.8) is 0 Å². The van der Waals surface area contributed by atoms with Gasteiger partial charge in [0.25, 0.3) is 0 Å². The standard InChI is InChI=1S/C34H54FIN4O6/c1-19(7-10-29(44)37-26(32(45)46-4)18-25-31(36)40(39-38-25)14-6-5-13-35)22-8-9-23-30-24(17-28(43)34(22,23)3)33(2)12-11-21(41)15-20(33)16-27(30)42/h19-24,26-28,30,41-43H,5-18H2,1-4H3,(H,37,44)/t19-,20+,21-,22-,23+,24+,26?,27-,28+,30+,33+,34-/m1/s1. The van der Waals surface area contributed by atoms with Crippen LogP contribution in [0.3, 0.4) is 0 Å². The molecular formula is C34H54FIN4O6. The molecule has 12 heteroatoms. The number of hydrogen-bond donors (Lipinski definition) is 4. The van der Waals surface area contributed by atoms with Gasteiger partial charge in [0, 0.05) is 19.4 Å². The zero-order valence-corrected chi connectivity index (χ0v) is 30.0. The summed E-state index contributed by atoms with van der Waals surface area (Å²) < 4.78 is 19.9. The Morgan fingerprint density at radius 1 is 1.13 bits per heavy atom. The maximum Gasteiger partial charge on any atom is 0.328 e. The number of amides is 1. The van der Waals surface area contributed by atoms with E-state index in [1.165, 1.54) is 7.11 Å². The Morgan fingerprint density at radius 3 is 2.61 bits per heavy atom. The summed E-state index contributed by atoms with van der Waals surface area (Å²) in [7, 11) is 1.29. The fourth-order valence-corrected chi connectivity index (χ4v) is 11.1. The van der Waals surface area contributed by atoms with Crippen molar-refractivity contribution in [2.24, 2.45) is 46.3 Å². The molecule has 0 aromatic carbocycles. The molecule has 0 saturated heterocycles. The number of rotatable bonds is 12. The number of alkyl halides is 1. The highest BCUT2D eigenvalue weighted by atomic mass is 127. The van der Waals surface area contributed by atoms with Gasteiger partial charge in [0.1, 0.15) is 9.74 Å². The number of nitrogens with one attached hydrogen (secondary N) is 1. The fourth-order valence-electron chi connectivity index (χ4n) is 10.4. The summed E-state index contributed by atoms with van der Waals surface area (Å²) in [5.41, 5.74) is 0.274. The molecule has 0 spiro atoms. The summed E-state index contributed by atoms with van der Waals surface area (Å²) in [6, 6.07) is -0.901. The van der Waals surface area contributed by atoms with Gasteiger partial charge in [0.05, 0.1) is 37.8 Å². The van der Waals surface area contributed by atoms with Crippen molar-refractivity contribution < 1.29 is 34.0 Å². The lowest BCUT2D eigenvalue weighted by molar-refractivity contribution is -0.207. The Balaban J connectivity index is 1.21. The number of aromatic nitrogens is 3. The van der Waals surface area contributed by atoms with Crippen molar-refractivity contribution in [1.29, 1.82) is 0 Å². The van der Waals surface area contributed by atoms with Crippen LogP contribution in [0.25, 0.3) is 0 Å². The molecule has 1 amide bonds. The number of esters is 1. The zero-order chi connectivity index (χ0) is 33.4. The van der Waals surface area contributed by atoms with Crippen LogP contribution in [0, 0.1) is 50.0 Å². The van der Waals surface area contributed by atoms with Gasteiger partial charge < -0.3 is 25.4 Å². The third-order valence-electron chi connectivity index (χ3n) is 13.1. The predicted octanol–water partition coefficient (Wildman–Crippen LogP) is 4.21. The largest absolute Gasteiger partial charge is 0.467 e. The first kappa shape index (κ1) is 35.9. The maximum absolute atomic E-state index is 13.2.